The lowest BCUT2D eigenvalue weighted by molar-refractivity contribution is -0.140. The van der Waals surface area contributed by atoms with Crippen LogP contribution in [0.2, 0.25) is 0 Å². The first-order chi connectivity index (χ1) is 14.2. The fraction of sp³-hybridized carbons (Fsp3) is 0.545. The lowest BCUT2D eigenvalue weighted by Gasteiger charge is -2.17. The fourth-order valence-electron chi connectivity index (χ4n) is 4.82. The molecule has 8 heteroatoms. The van der Waals surface area contributed by atoms with Crippen molar-refractivity contribution in [2.45, 2.75) is 26.2 Å². The Kier molecular flexibility index (Phi) is 7.85. The van der Waals surface area contributed by atoms with E-state index in [4.69, 9.17) is 0 Å². The van der Waals surface area contributed by atoms with Crippen molar-refractivity contribution < 1.29 is 9.59 Å². The summed E-state index contributed by atoms with van der Waals surface area (Å²) in [6.07, 6.45) is 10.4. The first-order valence-electron chi connectivity index (χ1n) is 10.6. The number of guanidine groups is 1. The van der Waals surface area contributed by atoms with Gasteiger partial charge in [-0.1, -0.05) is 18.2 Å². The Hall–Kier alpha value is -1.97. The summed E-state index contributed by atoms with van der Waals surface area (Å²) in [5.74, 6) is 1.15. The van der Waals surface area contributed by atoms with E-state index in [1.807, 2.05) is 19.2 Å². The molecular weight excluding hydrogens is 493 g/mol. The van der Waals surface area contributed by atoms with Crippen molar-refractivity contribution in [1.82, 2.24) is 20.5 Å². The number of halogens is 1. The molecule has 162 valence electrons. The molecule has 4 rings (SSSR count). The van der Waals surface area contributed by atoms with Crippen LogP contribution >= 0.6 is 24.0 Å². The Labute approximate surface area is 194 Å². The first kappa shape index (κ1) is 22.7. The summed E-state index contributed by atoms with van der Waals surface area (Å²) in [5, 5.41) is 6.56. The van der Waals surface area contributed by atoms with E-state index < -0.39 is 0 Å². The van der Waals surface area contributed by atoms with E-state index >= 15 is 0 Å². The lowest BCUT2D eigenvalue weighted by atomic mass is 9.85. The Balaban J connectivity index is 0.00000256. The smallest absolute Gasteiger partial charge is 0.233 e. The number of pyridine rings is 1. The summed E-state index contributed by atoms with van der Waals surface area (Å²) in [6, 6.07) is 3.99. The lowest BCUT2D eigenvalue weighted by Crippen LogP contribution is -2.38. The van der Waals surface area contributed by atoms with E-state index in [2.05, 4.69) is 38.8 Å². The van der Waals surface area contributed by atoms with E-state index in [-0.39, 0.29) is 59.5 Å². The number of carbonyl (C=O) groups excluding carboxylic acids is 2. The highest BCUT2D eigenvalue weighted by Crippen LogP contribution is 2.52. The quantitative estimate of drug-likeness (QED) is 0.136. The second-order valence-corrected chi connectivity index (χ2v) is 7.98. The molecule has 30 heavy (non-hydrogen) atoms. The van der Waals surface area contributed by atoms with Gasteiger partial charge in [-0.15, -0.1) is 24.0 Å². The number of fused-ring (bicyclic) bond motifs is 5. The molecule has 4 unspecified atom stereocenters. The number of rotatable bonds is 8. The molecule has 2 aliphatic carbocycles. The zero-order valence-corrected chi connectivity index (χ0v) is 19.6. The number of likely N-dealkylation sites (tertiary alicyclic amines) is 1. The molecule has 3 aliphatic rings. The standard InChI is InChI=1S/C22H29N5O2.HI/c1-2-24-22(26-11-8-15-5-3-9-23-14-15)25-10-4-12-27-20(28)18-16-6-7-17(13-16)19(18)21(27)29;/h3,5-7,9,14,16-19H,2,4,8,10-13H2,1H3,(H2,24,25,26);1H. The molecule has 2 fully saturated rings. The number of hydrogen-bond acceptors (Lipinski definition) is 4. The predicted octanol–water partition coefficient (Wildman–Crippen LogP) is 1.99. The van der Waals surface area contributed by atoms with Crippen LogP contribution < -0.4 is 10.6 Å². The minimum Gasteiger partial charge on any atom is -0.357 e. The number of amides is 2. The van der Waals surface area contributed by atoms with Crippen molar-refractivity contribution in [3.05, 3.63) is 42.2 Å². The minimum absolute atomic E-state index is 0. The Bertz CT molecular complexity index is 783. The molecule has 2 N–H and O–H groups in total. The van der Waals surface area contributed by atoms with Crippen molar-refractivity contribution in [3.63, 3.8) is 0 Å². The van der Waals surface area contributed by atoms with Gasteiger partial charge in [-0.25, -0.2) is 0 Å². The average molecular weight is 523 g/mol. The maximum Gasteiger partial charge on any atom is 0.233 e. The summed E-state index contributed by atoms with van der Waals surface area (Å²) in [4.78, 5) is 35.6. The number of nitrogens with zero attached hydrogens (tertiary/aromatic N) is 3. The maximum absolute atomic E-state index is 12.7. The molecule has 0 aromatic carbocycles. The fourth-order valence-corrected chi connectivity index (χ4v) is 4.82. The summed E-state index contributed by atoms with van der Waals surface area (Å²) >= 11 is 0. The molecule has 7 nitrogen and oxygen atoms in total. The van der Waals surface area contributed by atoms with Crippen molar-refractivity contribution >= 4 is 41.8 Å². The van der Waals surface area contributed by atoms with Gasteiger partial charge >= 0.3 is 0 Å². The third-order valence-electron chi connectivity index (χ3n) is 6.14. The van der Waals surface area contributed by atoms with Gasteiger partial charge in [0, 0.05) is 38.6 Å². The molecule has 0 spiro atoms. The van der Waals surface area contributed by atoms with Gasteiger partial charge in [0.15, 0.2) is 5.96 Å². The Morgan fingerprint density at radius 2 is 1.93 bits per heavy atom. The van der Waals surface area contributed by atoms with Gasteiger partial charge in [-0.05, 0) is 49.7 Å². The number of imide groups is 1. The highest BCUT2D eigenvalue weighted by molar-refractivity contribution is 14.0. The van der Waals surface area contributed by atoms with Crippen LogP contribution in [0, 0.1) is 23.7 Å². The molecule has 1 aliphatic heterocycles. The SMILES string of the molecule is CCNC(=NCCCN1C(=O)C2C3C=CC(C3)C2C1=O)NCCc1cccnc1.I. The van der Waals surface area contributed by atoms with Crippen molar-refractivity contribution in [1.29, 1.82) is 0 Å². The van der Waals surface area contributed by atoms with Gasteiger partial charge in [-0.3, -0.25) is 24.5 Å². The summed E-state index contributed by atoms with van der Waals surface area (Å²) in [5.41, 5.74) is 1.18. The molecule has 1 aromatic rings. The van der Waals surface area contributed by atoms with Gasteiger partial charge in [0.05, 0.1) is 11.8 Å². The highest BCUT2D eigenvalue weighted by atomic mass is 127. The zero-order valence-electron chi connectivity index (χ0n) is 17.3. The Morgan fingerprint density at radius 1 is 1.20 bits per heavy atom. The first-order valence-corrected chi connectivity index (χ1v) is 10.6. The van der Waals surface area contributed by atoms with E-state index in [1.54, 1.807) is 6.20 Å². The molecule has 2 heterocycles. The van der Waals surface area contributed by atoms with Crippen LogP contribution in [-0.4, -0.2) is 53.8 Å². The van der Waals surface area contributed by atoms with Gasteiger partial charge in [0.2, 0.25) is 11.8 Å². The largest absolute Gasteiger partial charge is 0.357 e. The van der Waals surface area contributed by atoms with Gasteiger partial charge < -0.3 is 10.6 Å². The number of aliphatic imine (C=N–C) groups is 1. The van der Waals surface area contributed by atoms with E-state index in [1.165, 1.54) is 10.5 Å². The third kappa shape index (κ3) is 4.68. The van der Waals surface area contributed by atoms with Crippen LogP contribution in [0.3, 0.4) is 0 Å². The Morgan fingerprint density at radius 3 is 2.57 bits per heavy atom. The van der Waals surface area contributed by atoms with Gasteiger partial charge in [-0.2, -0.15) is 0 Å². The predicted molar refractivity (Wildman–Crippen MR) is 126 cm³/mol. The molecule has 2 bridgehead atoms. The van der Waals surface area contributed by atoms with Crippen LogP contribution in [0.4, 0.5) is 0 Å². The molecule has 1 saturated heterocycles. The maximum atomic E-state index is 12.7. The second-order valence-electron chi connectivity index (χ2n) is 7.98. The van der Waals surface area contributed by atoms with Crippen LogP contribution in [-0.2, 0) is 16.0 Å². The summed E-state index contributed by atoms with van der Waals surface area (Å²) in [7, 11) is 0. The summed E-state index contributed by atoms with van der Waals surface area (Å²) < 4.78 is 0. The molecule has 1 aromatic heterocycles. The molecular formula is C22H30IN5O2. The number of nitrogens with one attached hydrogen (secondary N) is 2. The van der Waals surface area contributed by atoms with E-state index in [9.17, 15) is 9.59 Å². The number of allylic oxidation sites excluding steroid dienone is 2. The molecule has 4 atom stereocenters. The van der Waals surface area contributed by atoms with Crippen LogP contribution in [0.5, 0.6) is 0 Å². The minimum atomic E-state index is -0.104. The highest BCUT2D eigenvalue weighted by Gasteiger charge is 2.58. The van der Waals surface area contributed by atoms with Crippen LogP contribution in [0.1, 0.15) is 25.3 Å². The zero-order chi connectivity index (χ0) is 20.2. The van der Waals surface area contributed by atoms with Crippen molar-refractivity contribution in [2.75, 3.05) is 26.2 Å². The third-order valence-corrected chi connectivity index (χ3v) is 6.14. The van der Waals surface area contributed by atoms with Crippen molar-refractivity contribution in [3.8, 4) is 0 Å². The summed E-state index contributed by atoms with van der Waals surface area (Å²) in [6.45, 7) is 4.60. The van der Waals surface area contributed by atoms with Crippen molar-refractivity contribution in [2.24, 2.45) is 28.7 Å². The van der Waals surface area contributed by atoms with Gasteiger partial charge in [0.25, 0.3) is 0 Å². The number of carbonyl (C=O) groups is 2. The van der Waals surface area contributed by atoms with Crippen LogP contribution in [0.15, 0.2) is 41.7 Å². The normalized spacial score (nSPS) is 26.7. The molecule has 1 saturated carbocycles. The number of aromatic nitrogens is 1. The monoisotopic (exact) mass is 523 g/mol. The number of hydrogen-bond donors (Lipinski definition) is 2. The topological polar surface area (TPSA) is 86.7 Å². The average Bonchev–Trinajstić information content (AvgIpc) is 3.41. The van der Waals surface area contributed by atoms with Gasteiger partial charge in [0.1, 0.15) is 0 Å². The molecule has 0 radical (unpaired) electrons. The van der Waals surface area contributed by atoms with Crippen LogP contribution in [0.25, 0.3) is 0 Å². The van der Waals surface area contributed by atoms with E-state index in [0.29, 0.717) is 19.5 Å². The second kappa shape index (κ2) is 10.4. The molecule has 2 amide bonds. The van der Waals surface area contributed by atoms with E-state index in [0.717, 1.165) is 31.9 Å².